The van der Waals surface area contributed by atoms with E-state index in [1.54, 1.807) is 0 Å². The lowest BCUT2D eigenvalue weighted by atomic mass is 9.99. The summed E-state index contributed by atoms with van der Waals surface area (Å²) < 4.78 is 34.5. The molecule has 0 radical (unpaired) electrons. The molecule has 26 heavy (non-hydrogen) atoms. The summed E-state index contributed by atoms with van der Waals surface area (Å²) in [6.45, 7) is 0.488. The van der Waals surface area contributed by atoms with Gasteiger partial charge in [0.1, 0.15) is 5.75 Å². The number of carbonyl (C=O) groups is 2. The fourth-order valence-electron chi connectivity index (χ4n) is 2.81. The highest BCUT2D eigenvalue weighted by Gasteiger charge is 2.52. The molecule has 1 saturated heterocycles. The molecule has 1 aromatic rings. The maximum atomic E-state index is 12.9. The van der Waals surface area contributed by atoms with Gasteiger partial charge in [0.25, 0.3) is 0 Å². The third-order valence-corrected chi connectivity index (χ3v) is 6.90. The van der Waals surface area contributed by atoms with E-state index in [-0.39, 0.29) is 37.4 Å². The second-order valence-corrected chi connectivity index (χ2v) is 8.35. The van der Waals surface area contributed by atoms with Crippen LogP contribution in [0.1, 0.15) is 32.1 Å². The Balaban J connectivity index is 2.06. The summed E-state index contributed by atoms with van der Waals surface area (Å²) in [7, 11) is -4.08. The van der Waals surface area contributed by atoms with Gasteiger partial charge in [0, 0.05) is 32.5 Å². The van der Waals surface area contributed by atoms with Crippen molar-refractivity contribution in [1.29, 1.82) is 0 Å². The predicted molar refractivity (Wildman–Crippen MR) is 91.0 cm³/mol. The van der Waals surface area contributed by atoms with Crippen LogP contribution in [0.4, 0.5) is 0 Å². The number of unbranched alkanes of at least 4 members (excludes halogenated alkanes) is 1. The van der Waals surface area contributed by atoms with Gasteiger partial charge in [-0.2, -0.15) is 0 Å². The molecule has 1 aromatic carbocycles. The molecule has 144 valence electrons. The largest absolute Gasteiger partial charge is 0.494 e. The highest BCUT2D eigenvalue weighted by molar-refractivity contribution is 7.93. The van der Waals surface area contributed by atoms with E-state index in [2.05, 4.69) is 0 Å². The molecule has 2 N–H and O–H groups in total. The molecule has 1 heterocycles. The molecule has 9 heteroatoms. The highest BCUT2D eigenvalue weighted by Crippen LogP contribution is 2.35. The summed E-state index contributed by atoms with van der Waals surface area (Å²) in [6, 6.07) is 5.61. The SMILES string of the molecule is O=C(O)CCCCOc1ccc(S(=O)(=O)C2(C(=O)O)CCOCC2)cc1. The smallest absolute Gasteiger partial charge is 0.325 e. The van der Waals surface area contributed by atoms with E-state index >= 15 is 0 Å². The van der Waals surface area contributed by atoms with E-state index in [1.807, 2.05) is 0 Å². The number of hydrogen-bond acceptors (Lipinski definition) is 6. The van der Waals surface area contributed by atoms with E-state index < -0.39 is 26.5 Å². The fraction of sp³-hybridized carbons (Fsp3) is 0.529. The molecule has 0 aromatic heterocycles. The van der Waals surface area contributed by atoms with Crippen molar-refractivity contribution >= 4 is 21.8 Å². The number of benzene rings is 1. The Labute approximate surface area is 151 Å². The Morgan fingerprint density at radius 2 is 1.69 bits per heavy atom. The molecule has 0 saturated carbocycles. The molecular formula is C17H22O8S. The van der Waals surface area contributed by atoms with E-state index in [0.717, 1.165) is 0 Å². The summed E-state index contributed by atoms with van der Waals surface area (Å²) in [5, 5.41) is 18.1. The molecule has 1 fully saturated rings. The summed E-state index contributed by atoms with van der Waals surface area (Å²) in [4.78, 5) is 22.1. The number of rotatable bonds is 9. The van der Waals surface area contributed by atoms with Crippen molar-refractivity contribution in [2.75, 3.05) is 19.8 Å². The minimum Gasteiger partial charge on any atom is -0.494 e. The number of carboxylic acid groups (broad SMARTS) is 2. The average Bonchev–Trinajstić information content (AvgIpc) is 2.62. The Morgan fingerprint density at radius 1 is 1.08 bits per heavy atom. The molecule has 2 rings (SSSR count). The molecule has 0 spiro atoms. The van der Waals surface area contributed by atoms with Gasteiger partial charge in [0.05, 0.1) is 11.5 Å². The second kappa shape index (κ2) is 8.50. The first-order valence-electron chi connectivity index (χ1n) is 8.30. The molecular weight excluding hydrogens is 364 g/mol. The maximum Gasteiger partial charge on any atom is 0.325 e. The summed E-state index contributed by atoms with van der Waals surface area (Å²) in [6.07, 6.45) is 0.944. The lowest BCUT2D eigenvalue weighted by Gasteiger charge is -2.32. The molecule has 8 nitrogen and oxygen atoms in total. The number of sulfone groups is 1. The van der Waals surface area contributed by atoms with Crippen molar-refractivity contribution in [3.63, 3.8) is 0 Å². The number of carboxylic acids is 2. The summed E-state index contributed by atoms with van der Waals surface area (Å²) in [5.74, 6) is -1.78. The first kappa shape index (κ1) is 20.2. The van der Waals surface area contributed by atoms with E-state index in [4.69, 9.17) is 14.6 Å². The molecule has 1 aliphatic heterocycles. The van der Waals surface area contributed by atoms with Crippen LogP contribution >= 0.6 is 0 Å². The van der Waals surface area contributed by atoms with Crippen LogP contribution in [-0.2, 0) is 24.2 Å². The lowest BCUT2D eigenvalue weighted by molar-refractivity contribution is -0.142. The van der Waals surface area contributed by atoms with Crippen molar-refractivity contribution in [3.8, 4) is 5.75 Å². The first-order chi connectivity index (χ1) is 12.3. The summed E-state index contributed by atoms with van der Waals surface area (Å²) >= 11 is 0. The zero-order valence-electron chi connectivity index (χ0n) is 14.2. The monoisotopic (exact) mass is 386 g/mol. The molecule has 0 bridgehead atoms. The molecule has 0 aliphatic carbocycles. The highest BCUT2D eigenvalue weighted by atomic mass is 32.2. The Hall–Kier alpha value is -2.13. The van der Waals surface area contributed by atoms with Crippen molar-refractivity contribution in [2.24, 2.45) is 0 Å². The predicted octanol–water partition coefficient (Wildman–Crippen LogP) is 1.73. The molecule has 0 atom stereocenters. The minimum absolute atomic E-state index is 0.0694. The number of ether oxygens (including phenoxy) is 2. The Bertz CT molecular complexity index is 733. The Morgan fingerprint density at radius 3 is 2.23 bits per heavy atom. The third kappa shape index (κ3) is 4.34. The topological polar surface area (TPSA) is 127 Å². The number of hydrogen-bond donors (Lipinski definition) is 2. The maximum absolute atomic E-state index is 12.9. The quantitative estimate of drug-likeness (QED) is 0.614. The van der Waals surface area contributed by atoms with Gasteiger partial charge >= 0.3 is 11.9 Å². The summed E-state index contributed by atoms with van der Waals surface area (Å²) in [5.41, 5.74) is 0. The normalized spacial score (nSPS) is 16.8. The van der Waals surface area contributed by atoms with Crippen molar-refractivity contribution in [1.82, 2.24) is 0 Å². The van der Waals surface area contributed by atoms with Crippen LogP contribution in [0.3, 0.4) is 0 Å². The number of aliphatic carboxylic acids is 2. The van der Waals surface area contributed by atoms with Crippen LogP contribution in [-0.4, -0.2) is 55.1 Å². The Kier molecular flexibility index (Phi) is 6.60. The van der Waals surface area contributed by atoms with Crippen molar-refractivity contribution in [3.05, 3.63) is 24.3 Å². The van der Waals surface area contributed by atoms with Crippen molar-refractivity contribution < 1.29 is 37.7 Å². The fourth-order valence-corrected chi connectivity index (χ4v) is 4.69. The van der Waals surface area contributed by atoms with Gasteiger partial charge in [0.2, 0.25) is 0 Å². The zero-order chi connectivity index (χ0) is 19.2. The molecule has 0 amide bonds. The molecule has 0 unspecified atom stereocenters. The zero-order valence-corrected chi connectivity index (χ0v) is 15.0. The standard InChI is InChI=1S/C17H22O8S/c18-15(19)3-1-2-10-25-13-4-6-14(7-5-13)26(22,23)17(16(20)21)8-11-24-12-9-17/h4-7H,1-3,8-12H2,(H,18,19)(H,20,21). The van der Waals surface area contributed by atoms with E-state index in [9.17, 15) is 23.1 Å². The van der Waals surface area contributed by atoms with Gasteiger partial charge in [-0.05, 0) is 37.1 Å². The second-order valence-electron chi connectivity index (χ2n) is 6.09. The molecule has 1 aliphatic rings. The van der Waals surface area contributed by atoms with Gasteiger partial charge in [-0.3, -0.25) is 9.59 Å². The minimum atomic E-state index is -4.08. The van der Waals surface area contributed by atoms with Crippen LogP contribution in [0.15, 0.2) is 29.2 Å². The van der Waals surface area contributed by atoms with Crippen LogP contribution in [0.2, 0.25) is 0 Å². The van der Waals surface area contributed by atoms with Gasteiger partial charge in [-0.25, -0.2) is 8.42 Å². The van der Waals surface area contributed by atoms with Crippen LogP contribution < -0.4 is 4.74 Å². The van der Waals surface area contributed by atoms with Crippen molar-refractivity contribution in [2.45, 2.75) is 41.7 Å². The van der Waals surface area contributed by atoms with Gasteiger partial charge in [0.15, 0.2) is 14.6 Å². The van der Waals surface area contributed by atoms with E-state index in [0.29, 0.717) is 25.2 Å². The first-order valence-corrected chi connectivity index (χ1v) is 9.78. The third-order valence-electron chi connectivity index (χ3n) is 4.39. The van der Waals surface area contributed by atoms with Gasteiger partial charge in [-0.1, -0.05) is 0 Å². The van der Waals surface area contributed by atoms with Crippen LogP contribution in [0.5, 0.6) is 5.75 Å². The van der Waals surface area contributed by atoms with Gasteiger partial charge in [-0.15, -0.1) is 0 Å². The van der Waals surface area contributed by atoms with Gasteiger partial charge < -0.3 is 19.7 Å². The van der Waals surface area contributed by atoms with Crippen LogP contribution in [0.25, 0.3) is 0 Å². The van der Waals surface area contributed by atoms with E-state index in [1.165, 1.54) is 24.3 Å². The average molecular weight is 386 g/mol. The lowest BCUT2D eigenvalue weighted by Crippen LogP contribution is -2.50. The van der Waals surface area contributed by atoms with Crippen LogP contribution in [0, 0.1) is 0 Å².